The van der Waals surface area contributed by atoms with Gasteiger partial charge in [-0.3, -0.25) is 9.58 Å². The Morgan fingerprint density at radius 3 is 2.95 bits per heavy atom. The molecular weight excluding hydrogens is 269 g/mol. The number of halogens is 1. The van der Waals surface area contributed by atoms with Gasteiger partial charge in [0.2, 0.25) is 0 Å². The molecule has 21 heavy (non-hydrogen) atoms. The van der Waals surface area contributed by atoms with Crippen molar-refractivity contribution >= 4 is 0 Å². The van der Waals surface area contributed by atoms with Gasteiger partial charge in [-0.1, -0.05) is 24.1 Å². The van der Waals surface area contributed by atoms with Gasteiger partial charge >= 0.3 is 0 Å². The predicted octanol–water partition coefficient (Wildman–Crippen LogP) is 1.82. The smallest absolute Gasteiger partial charge is 0.129 e. The molecule has 1 N–H and O–H groups in total. The number of aliphatic hydroxyl groups is 1. The Hall–Kier alpha value is -2.16. The molecule has 5 heteroatoms. The molecule has 1 heterocycles. The molecule has 0 fully saturated rings. The third kappa shape index (κ3) is 4.15. The number of terminal acetylenes is 1. The highest BCUT2D eigenvalue weighted by molar-refractivity contribution is 5.20. The highest BCUT2D eigenvalue weighted by Crippen LogP contribution is 2.18. The second-order valence-electron chi connectivity index (χ2n) is 4.98. The van der Waals surface area contributed by atoms with E-state index in [9.17, 15) is 9.50 Å². The summed E-state index contributed by atoms with van der Waals surface area (Å²) in [6.45, 7) is 1.37. The number of nitrogens with zero attached hydrogens (tertiary/aromatic N) is 3. The lowest BCUT2D eigenvalue weighted by molar-refractivity contribution is 0.120. The summed E-state index contributed by atoms with van der Waals surface area (Å²) in [5, 5.41) is 14.2. The molecule has 0 bridgehead atoms. The second-order valence-corrected chi connectivity index (χ2v) is 4.98. The van der Waals surface area contributed by atoms with Crippen LogP contribution in [-0.2, 0) is 13.1 Å². The Morgan fingerprint density at radius 1 is 1.48 bits per heavy atom. The van der Waals surface area contributed by atoms with Crippen LogP contribution in [-0.4, -0.2) is 33.4 Å². The van der Waals surface area contributed by atoms with Crippen LogP contribution in [0.15, 0.2) is 36.7 Å². The van der Waals surface area contributed by atoms with Gasteiger partial charge in [-0.25, -0.2) is 4.39 Å². The van der Waals surface area contributed by atoms with Crippen molar-refractivity contribution in [1.82, 2.24) is 14.7 Å². The zero-order chi connectivity index (χ0) is 15.2. The SMILES string of the molecule is C#CCn1cc(CN(C)CC(O)c2ccccc2F)cn1. The number of aromatic nitrogens is 2. The summed E-state index contributed by atoms with van der Waals surface area (Å²) in [5.74, 6) is 2.13. The number of rotatable bonds is 6. The van der Waals surface area contributed by atoms with Crippen LogP contribution in [0, 0.1) is 18.2 Å². The van der Waals surface area contributed by atoms with Crippen LogP contribution >= 0.6 is 0 Å². The highest BCUT2D eigenvalue weighted by atomic mass is 19.1. The van der Waals surface area contributed by atoms with E-state index < -0.39 is 6.10 Å². The van der Waals surface area contributed by atoms with Gasteiger partial charge in [0.25, 0.3) is 0 Å². The molecule has 1 aromatic heterocycles. The van der Waals surface area contributed by atoms with Gasteiger partial charge in [-0.05, 0) is 13.1 Å². The Bertz CT molecular complexity index is 632. The van der Waals surface area contributed by atoms with Gasteiger partial charge in [-0.15, -0.1) is 6.42 Å². The van der Waals surface area contributed by atoms with Crippen molar-refractivity contribution in [2.24, 2.45) is 0 Å². The summed E-state index contributed by atoms with van der Waals surface area (Å²) >= 11 is 0. The number of benzene rings is 1. The fraction of sp³-hybridized carbons (Fsp3) is 0.312. The van der Waals surface area contributed by atoms with E-state index in [1.54, 1.807) is 29.1 Å². The van der Waals surface area contributed by atoms with E-state index in [0.717, 1.165) is 5.56 Å². The predicted molar refractivity (Wildman–Crippen MR) is 78.8 cm³/mol. The molecule has 0 amide bonds. The second kappa shape index (κ2) is 7.02. The van der Waals surface area contributed by atoms with Crippen molar-refractivity contribution in [2.75, 3.05) is 13.6 Å². The van der Waals surface area contributed by atoms with Crippen LogP contribution < -0.4 is 0 Å². The number of aliphatic hydroxyl groups excluding tert-OH is 1. The fourth-order valence-corrected chi connectivity index (χ4v) is 2.18. The van der Waals surface area contributed by atoms with Crippen LogP contribution in [0.4, 0.5) is 4.39 Å². The molecule has 4 nitrogen and oxygen atoms in total. The molecule has 0 radical (unpaired) electrons. The monoisotopic (exact) mass is 287 g/mol. The summed E-state index contributed by atoms with van der Waals surface area (Å²) in [4.78, 5) is 1.91. The molecule has 2 rings (SSSR count). The standard InChI is InChI=1S/C16H18FN3O/c1-3-8-20-11-13(9-18-20)10-19(2)12-16(21)14-6-4-5-7-15(14)17/h1,4-7,9,11,16,21H,8,10,12H2,2H3. The Morgan fingerprint density at radius 2 is 2.24 bits per heavy atom. The average molecular weight is 287 g/mol. The average Bonchev–Trinajstić information content (AvgIpc) is 2.86. The van der Waals surface area contributed by atoms with Gasteiger partial charge in [0, 0.05) is 30.4 Å². The van der Waals surface area contributed by atoms with E-state index >= 15 is 0 Å². The van der Waals surface area contributed by atoms with Crippen LogP contribution in [0.2, 0.25) is 0 Å². The van der Waals surface area contributed by atoms with Gasteiger partial charge in [0.15, 0.2) is 0 Å². The van der Waals surface area contributed by atoms with Crippen molar-refractivity contribution in [2.45, 2.75) is 19.2 Å². The van der Waals surface area contributed by atoms with Crippen LogP contribution in [0.5, 0.6) is 0 Å². The third-order valence-electron chi connectivity index (χ3n) is 3.14. The van der Waals surface area contributed by atoms with Gasteiger partial charge in [-0.2, -0.15) is 5.10 Å². The van der Waals surface area contributed by atoms with Crippen molar-refractivity contribution in [3.63, 3.8) is 0 Å². The Labute approximate surface area is 123 Å². The summed E-state index contributed by atoms with van der Waals surface area (Å²) in [7, 11) is 1.86. The first-order valence-corrected chi connectivity index (χ1v) is 6.66. The van der Waals surface area contributed by atoms with E-state index in [1.165, 1.54) is 6.07 Å². The van der Waals surface area contributed by atoms with Crippen molar-refractivity contribution in [3.8, 4) is 12.3 Å². The molecule has 0 aliphatic rings. The van der Waals surface area contributed by atoms with E-state index in [1.807, 2.05) is 18.1 Å². The molecule has 2 aromatic rings. The van der Waals surface area contributed by atoms with Crippen molar-refractivity contribution in [1.29, 1.82) is 0 Å². The number of likely N-dealkylation sites (N-methyl/N-ethyl adjacent to an activating group) is 1. The molecule has 110 valence electrons. The van der Waals surface area contributed by atoms with E-state index in [0.29, 0.717) is 25.2 Å². The van der Waals surface area contributed by atoms with E-state index in [4.69, 9.17) is 6.42 Å². The zero-order valence-corrected chi connectivity index (χ0v) is 11.9. The van der Waals surface area contributed by atoms with Gasteiger partial charge in [0.05, 0.1) is 12.3 Å². The molecule has 0 aliphatic carbocycles. The van der Waals surface area contributed by atoms with E-state index in [2.05, 4.69) is 11.0 Å². The van der Waals surface area contributed by atoms with E-state index in [-0.39, 0.29) is 5.82 Å². The van der Waals surface area contributed by atoms with Crippen molar-refractivity contribution in [3.05, 3.63) is 53.6 Å². The summed E-state index contributed by atoms with van der Waals surface area (Å²) in [5.41, 5.74) is 1.31. The minimum absolute atomic E-state index is 0.312. The molecule has 0 aliphatic heterocycles. The van der Waals surface area contributed by atoms with Crippen molar-refractivity contribution < 1.29 is 9.50 Å². The topological polar surface area (TPSA) is 41.3 Å². The lowest BCUT2D eigenvalue weighted by Gasteiger charge is -2.20. The summed E-state index contributed by atoms with van der Waals surface area (Å²) in [6, 6.07) is 6.27. The first-order valence-electron chi connectivity index (χ1n) is 6.66. The maximum atomic E-state index is 13.6. The highest BCUT2D eigenvalue weighted by Gasteiger charge is 2.14. The molecule has 0 spiro atoms. The van der Waals surface area contributed by atoms with Gasteiger partial charge in [0.1, 0.15) is 12.4 Å². The molecular formula is C16H18FN3O. The summed E-state index contributed by atoms with van der Waals surface area (Å²) in [6.07, 6.45) is 7.97. The van der Waals surface area contributed by atoms with Crippen LogP contribution in [0.3, 0.4) is 0 Å². The first kappa shape index (κ1) is 15.2. The quantitative estimate of drug-likeness (QED) is 0.824. The minimum Gasteiger partial charge on any atom is -0.387 e. The Kier molecular flexibility index (Phi) is 5.09. The normalized spacial score (nSPS) is 12.3. The lowest BCUT2D eigenvalue weighted by Crippen LogP contribution is -2.24. The molecule has 1 unspecified atom stereocenters. The maximum Gasteiger partial charge on any atom is 0.129 e. The maximum absolute atomic E-state index is 13.6. The minimum atomic E-state index is -0.864. The Balaban J connectivity index is 1.93. The molecule has 1 aromatic carbocycles. The van der Waals surface area contributed by atoms with Crippen LogP contribution in [0.1, 0.15) is 17.2 Å². The number of hydrogen-bond acceptors (Lipinski definition) is 3. The zero-order valence-electron chi connectivity index (χ0n) is 11.9. The molecule has 0 saturated carbocycles. The fourth-order valence-electron chi connectivity index (χ4n) is 2.18. The lowest BCUT2D eigenvalue weighted by atomic mass is 10.1. The molecule has 0 saturated heterocycles. The number of hydrogen-bond donors (Lipinski definition) is 1. The molecule has 1 atom stereocenters. The largest absolute Gasteiger partial charge is 0.387 e. The van der Waals surface area contributed by atoms with Gasteiger partial charge < -0.3 is 5.11 Å². The first-order chi connectivity index (χ1) is 10.1. The van der Waals surface area contributed by atoms with Crippen LogP contribution in [0.25, 0.3) is 0 Å². The third-order valence-corrected chi connectivity index (χ3v) is 3.14. The summed E-state index contributed by atoms with van der Waals surface area (Å²) < 4.78 is 15.3.